The molecule has 0 bridgehead atoms. The Labute approximate surface area is 164 Å². The second-order valence-corrected chi connectivity index (χ2v) is 10.2. The van der Waals surface area contributed by atoms with Crippen LogP contribution in [0.4, 0.5) is 0 Å². The van der Waals surface area contributed by atoms with E-state index in [2.05, 4.69) is 18.8 Å². The van der Waals surface area contributed by atoms with Crippen molar-refractivity contribution in [3.05, 3.63) is 45.9 Å². The summed E-state index contributed by atoms with van der Waals surface area (Å²) in [4.78, 5) is 16.6. The topological polar surface area (TPSA) is 76.6 Å². The first-order valence-electron chi connectivity index (χ1n) is 8.94. The summed E-state index contributed by atoms with van der Waals surface area (Å²) in [5.74, 6) is 0.184. The van der Waals surface area contributed by atoms with Crippen LogP contribution >= 0.6 is 11.3 Å². The molecule has 0 radical (unpaired) electrons. The predicted molar refractivity (Wildman–Crippen MR) is 104 cm³/mol. The molecule has 1 aromatic heterocycles. The average molecular weight is 409 g/mol. The number of thiazole rings is 1. The van der Waals surface area contributed by atoms with Crippen LogP contribution in [0.5, 0.6) is 0 Å². The minimum Gasteiger partial charge on any atom is -0.456 e. The Morgan fingerprint density at radius 3 is 2.41 bits per heavy atom. The number of piperidine rings is 1. The van der Waals surface area contributed by atoms with Gasteiger partial charge in [-0.3, -0.25) is 0 Å². The molecule has 0 spiro atoms. The van der Waals surface area contributed by atoms with Crippen molar-refractivity contribution in [2.45, 2.75) is 38.7 Å². The standard InChI is InChI=1S/C19H24N2O4S2/c1-13-8-14(2)10-21(9-13)27(23,24)18-6-4-16(5-7-18)19(22)25-11-17-12-26-15(3)20-17/h4-7,12-14H,8-11H2,1-3H3/t13-,14-/m1/s1. The lowest BCUT2D eigenvalue weighted by molar-refractivity contribution is 0.0468. The number of carbonyl (C=O) groups is 1. The van der Waals surface area contributed by atoms with Crippen molar-refractivity contribution in [3.63, 3.8) is 0 Å². The molecule has 3 rings (SSSR count). The van der Waals surface area contributed by atoms with Crippen molar-refractivity contribution in [1.82, 2.24) is 9.29 Å². The maximum atomic E-state index is 12.9. The summed E-state index contributed by atoms with van der Waals surface area (Å²) < 4.78 is 32.5. The fourth-order valence-electron chi connectivity index (χ4n) is 3.41. The van der Waals surface area contributed by atoms with Gasteiger partial charge in [0.15, 0.2) is 0 Å². The second-order valence-electron chi connectivity index (χ2n) is 7.23. The molecule has 0 unspecified atom stereocenters. The van der Waals surface area contributed by atoms with Crippen LogP contribution in [0.25, 0.3) is 0 Å². The molecule has 2 atom stereocenters. The van der Waals surface area contributed by atoms with E-state index >= 15 is 0 Å². The zero-order chi connectivity index (χ0) is 19.6. The number of benzene rings is 1. The molecule has 1 saturated heterocycles. The van der Waals surface area contributed by atoms with Gasteiger partial charge in [-0.2, -0.15) is 4.31 Å². The Morgan fingerprint density at radius 2 is 1.85 bits per heavy atom. The average Bonchev–Trinajstić information content (AvgIpc) is 3.04. The molecule has 27 heavy (non-hydrogen) atoms. The van der Waals surface area contributed by atoms with Crippen LogP contribution in [0.15, 0.2) is 34.5 Å². The lowest BCUT2D eigenvalue weighted by Gasteiger charge is -2.34. The van der Waals surface area contributed by atoms with Crippen LogP contribution in [0, 0.1) is 18.8 Å². The highest BCUT2D eigenvalue weighted by Gasteiger charge is 2.31. The first-order chi connectivity index (χ1) is 12.8. The number of sulfonamides is 1. The van der Waals surface area contributed by atoms with Gasteiger partial charge >= 0.3 is 5.97 Å². The molecule has 146 valence electrons. The summed E-state index contributed by atoms with van der Waals surface area (Å²) in [6.45, 7) is 7.20. The van der Waals surface area contributed by atoms with E-state index < -0.39 is 16.0 Å². The maximum absolute atomic E-state index is 12.9. The maximum Gasteiger partial charge on any atom is 0.338 e. The first-order valence-corrected chi connectivity index (χ1v) is 11.3. The number of hydrogen-bond acceptors (Lipinski definition) is 6. The molecule has 1 fully saturated rings. The molecule has 0 aliphatic carbocycles. The summed E-state index contributed by atoms with van der Waals surface area (Å²) in [6.07, 6.45) is 1.04. The highest BCUT2D eigenvalue weighted by molar-refractivity contribution is 7.89. The summed E-state index contributed by atoms with van der Waals surface area (Å²) in [5, 5.41) is 2.76. The van der Waals surface area contributed by atoms with Gasteiger partial charge in [0, 0.05) is 18.5 Å². The van der Waals surface area contributed by atoms with Gasteiger partial charge in [0.1, 0.15) is 6.61 Å². The van der Waals surface area contributed by atoms with Gasteiger partial charge in [0.05, 0.1) is 21.2 Å². The quantitative estimate of drug-likeness (QED) is 0.708. The molecule has 0 saturated carbocycles. The van der Waals surface area contributed by atoms with E-state index in [4.69, 9.17) is 4.74 Å². The van der Waals surface area contributed by atoms with Crippen LogP contribution < -0.4 is 0 Å². The van der Waals surface area contributed by atoms with E-state index in [0.29, 0.717) is 36.2 Å². The number of carbonyl (C=O) groups excluding carboxylic acids is 1. The zero-order valence-corrected chi connectivity index (χ0v) is 17.3. The number of esters is 1. The third kappa shape index (κ3) is 4.75. The van der Waals surface area contributed by atoms with Crippen LogP contribution in [-0.2, 0) is 21.4 Å². The zero-order valence-electron chi connectivity index (χ0n) is 15.7. The molecule has 8 heteroatoms. The highest BCUT2D eigenvalue weighted by atomic mass is 32.2. The number of rotatable bonds is 5. The summed E-state index contributed by atoms with van der Waals surface area (Å²) in [7, 11) is -3.55. The van der Waals surface area contributed by atoms with Crippen LogP contribution in [0.2, 0.25) is 0 Å². The molecule has 1 aromatic carbocycles. The largest absolute Gasteiger partial charge is 0.456 e. The Hall–Kier alpha value is -1.77. The van der Waals surface area contributed by atoms with Crippen molar-refractivity contribution in [1.29, 1.82) is 0 Å². The van der Waals surface area contributed by atoms with Gasteiger partial charge < -0.3 is 4.74 Å². The molecule has 0 N–H and O–H groups in total. The van der Waals surface area contributed by atoms with Crippen molar-refractivity contribution >= 4 is 27.3 Å². The number of nitrogens with zero attached hydrogens (tertiary/aromatic N) is 2. The van der Waals surface area contributed by atoms with Gasteiger partial charge in [0.2, 0.25) is 10.0 Å². The first kappa shape index (κ1) is 20.0. The molecular weight excluding hydrogens is 384 g/mol. The van der Waals surface area contributed by atoms with Crippen molar-refractivity contribution in [3.8, 4) is 0 Å². The fraction of sp³-hybridized carbons (Fsp3) is 0.474. The minimum absolute atomic E-state index is 0.104. The SMILES string of the molecule is Cc1nc(COC(=O)c2ccc(S(=O)(=O)N3C[C@H](C)C[C@@H](C)C3)cc2)cs1. The van der Waals surface area contributed by atoms with Crippen molar-refractivity contribution in [2.24, 2.45) is 11.8 Å². The van der Waals surface area contributed by atoms with Crippen LogP contribution in [0.1, 0.15) is 41.3 Å². The van der Waals surface area contributed by atoms with Gasteiger partial charge in [-0.25, -0.2) is 18.2 Å². The van der Waals surface area contributed by atoms with E-state index in [1.807, 2.05) is 12.3 Å². The van der Waals surface area contributed by atoms with E-state index in [1.165, 1.54) is 35.6 Å². The smallest absolute Gasteiger partial charge is 0.338 e. The van der Waals surface area contributed by atoms with Gasteiger partial charge in [-0.05, 0) is 49.4 Å². The van der Waals surface area contributed by atoms with Gasteiger partial charge in [-0.1, -0.05) is 13.8 Å². The lowest BCUT2D eigenvalue weighted by Crippen LogP contribution is -2.42. The molecule has 0 amide bonds. The molecule has 2 aromatic rings. The molecule has 1 aliphatic heterocycles. The molecule has 2 heterocycles. The third-order valence-electron chi connectivity index (χ3n) is 4.58. The Kier molecular flexibility index (Phi) is 5.98. The fourth-order valence-corrected chi connectivity index (χ4v) is 5.69. The van der Waals surface area contributed by atoms with E-state index in [1.54, 1.807) is 4.31 Å². The second kappa shape index (κ2) is 8.08. The minimum atomic E-state index is -3.55. The molecular formula is C19H24N2O4S2. The third-order valence-corrected chi connectivity index (χ3v) is 7.25. The normalized spacial score (nSPS) is 21.1. The van der Waals surface area contributed by atoms with Crippen LogP contribution in [0.3, 0.4) is 0 Å². The van der Waals surface area contributed by atoms with E-state index in [-0.39, 0.29) is 11.5 Å². The Balaban J connectivity index is 1.67. The van der Waals surface area contributed by atoms with Crippen LogP contribution in [-0.4, -0.2) is 36.8 Å². The van der Waals surface area contributed by atoms with Crippen molar-refractivity contribution < 1.29 is 17.9 Å². The molecule has 6 nitrogen and oxygen atoms in total. The number of aromatic nitrogens is 1. The summed E-state index contributed by atoms with van der Waals surface area (Å²) in [6, 6.07) is 5.95. The summed E-state index contributed by atoms with van der Waals surface area (Å²) >= 11 is 1.50. The Bertz CT molecular complexity index is 896. The van der Waals surface area contributed by atoms with E-state index in [0.717, 1.165) is 11.4 Å². The number of ether oxygens (including phenoxy) is 1. The van der Waals surface area contributed by atoms with E-state index in [9.17, 15) is 13.2 Å². The molecule has 1 aliphatic rings. The monoisotopic (exact) mass is 408 g/mol. The van der Waals surface area contributed by atoms with Gasteiger partial charge in [-0.15, -0.1) is 11.3 Å². The predicted octanol–water partition coefficient (Wildman–Crippen LogP) is 3.48. The summed E-state index contributed by atoms with van der Waals surface area (Å²) in [5.41, 5.74) is 1.03. The number of aryl methyl sites for hydroxylation is 1. The van der Waals surface area contributed by atoms with Crippen molar-refractivity contribution in [2.75, 3.05) is 13.1 Å². The highest BCUT2D eigenvalue weighted by Crippen LogP contribution is 2.26. The Morgan fingerprint density at radius 1 is 1.22 bits per heavy atom. The van der Waals surface area contributed by atoms with Gasteiger partial charge in [0.25, 0.3) is 0 Å². The lowest BCUT2D eigenvalue weighted by atomic mass is 9.94. The number of hydrogen-bond donors (Lipinski definition) is 0.